The molecule has 3 nitrogen and oxygen atoms in total. The molecule has 0 fully saturated rings. The van der Waals surface area contributed by atoms with Crippen LogP contribution in [0.5, 0.6) is 0 Å². The Hall–Kier alpha value is -1.26. The molecule has 2 rings (SSSR count). The predicted molar refractivity (Wildman–Crippen MR) is 66.3 cm³/mol. The largest absolute Gasteiger partial charge is 0.305 e. The van der Waals surface area contributed by atoms with Crippen LogP contribution in [0.4, 0.5) is 0 Å². The molecule has 0 aromatic carbocycles. The second-order valence-corrected chi connectivity index (χ2v) is 4.68. The van der Waals surface area contributed by atoms with Crippen molar-refractivity contribution in [1.82, 2.24) is 15.3 Å². The van der Waals surface area contributed by atoms with Crippen molar-refractivity contribution in [3.63, 3.8) is 0 Å². The molecule has 2 aromatic heterocycles. The second-order valence-electron chi connectivity index (χ2n) is 3.74. The summed E-state index contributed by atoms with van der Waals surface area (Å²) in [6.07, 6.45) is 3.65. The molecule has 2 heterocycles. The first-order valence-electron chi connectivity index (χ1n) is 5.29. The zero-order valence-electron chi connectivity index (χ0n) is 9.47. The predicted octanol–water partition coefficient (Wildman–Crippen LogP) is 2.70. The average molecular weight is 233 g/mol. The number of nitrogens with zero attached hydrogens (tertiary/aromatic N) is 2. The van der Waals surface area contributed by atoms with E-state index < -0.39 is 0 Å². The molecule has 0 saturated carbocycles. The molecule has 0 aliphatic heterocycles. The van der Waals surface area contributed by atoms with Crippen molar-refractivity contribution in [2.24, 2.45) is 0 Å². The van der Waals surface area contributed by atoms with E-state index in [1.807, 2.05) is 37.0 Å². The third kappa shape index (κ3) is 2.65. The Labute approximate surface area is 99.6 Å². The smallest absolute Gasteiger partial charge is 0.0798 e. The van der Waals surface area contributed by atoms with Gasteiger partial charge in [0.15, 0.2) is 0 Å². The van der Waals surface area contributed by atoms with Crippen LogP contribution in [0, 0.1) is 6.92 Å². The Morgan fingerprint density at radius 3 is 2.75 bits per heavy atom. The molecule has 0 bridgehead atoms. The SMILES string of the molecule is Cc1ncsc1CN[C@H](C)c1ccncc1. The van der Waals surface area contributed by atoms with Gasteiger partial charge < -0.3 is 5.32 Å². The fraction of sp³-hybridized carbons (Fsp3) is 0.333. The first-order valence-corrected chi connectivity index (χ1v) is 6.17. The Morgan fingerprint density at radius 2 is 2.12 bits per heavy atom. The summed E-state index contributed by atoms with van der Waals surface area (Å²) in [6, 6.07) is 4.42. The second kappa shape index (κ2) is 5.18. The van der Waals surface area contributed by atoms with Crippen LogP contribution in [0.2, 0.25) is 0 Å². The number of pyridine rings is 1. The lowest BCUT2D eigenvalue weighted by molar-refractivity contribution is 0.576. The lowest BCUT2D eigenvalue weighted by atomic mass is 10.1. The van der Waals surface area contributed by atoms with Crippen LogP contribution >= 0.6 is 11.3 Å². The van der Waals surface area contributed by atoms with Gasteiger partial charge in [-0.15, -0.1) is 11.3 Å². The van der Waals surface area contributed by atoms with Gasteiger partial charge in [0, 0.05) is 29.9 Å². The van der Waals surface area contributed by atoms with E-state index in [9.17, 15) is 0 Å². The summed E-state index contributed by atoms with van der Waals surface area (Å²) in [5.41, 5.74) is 4.28. The normalized spacial score (nSPS) is 12.6. The van der Waals surface area contributed by atoms with Crippen LogP contribution in [0.25, 0.3) is 0 Å². The van der Waals surface area contributed by atoms with Crippen molar-refractivity contribution in [3.8, 4) is 0 Å². The van der Waals surface area contributed by atoms with E-state index in [0.717, 1.165) is 12.2 Å². The van der Waals surface area contributed by atoms with Gasteiger partial charge >= 0.3 is 0 Å². The lowest BCUT2D eigenvalue weighted by Gasteiger charge is -2.13. The fourth-order valence-electron chi connectivity index (χ4n) is 1.51. The number of nitrogens with one attached hydrogen (secondary N) is 1. The summed E-state index contributed by atoms with van der Waals surface area (Å²) >= 11 is 1.70. The van der Waals surface area contributed by atoms with E-state index >= 15 is 0 Å². The number of hydrogen-bond acceptors (Lipinski definition) is 4. The van der Waals surface area contributed by atoms with Crippen LogP contribution in [0.1, 0.15) is 29.1 Å². The summed E-state index contributed by atoms with van der Waals surface area (Å²) in [5.74, 6) is 0. The van der Waals surface area contributed by atoms with Gasteiger partial charge in [-0.25, -0.2) is 4.98 Å². The summed E-state index contributed by atoms with van der Waals surface area (Å²) in [7, 11) is 0. The molecule has 0 aliphatic rings. The fourth-order valence-corrected chi connectivity index (χ4v) is 2.24. The molecule has 1 N–H and O–H groups in total. The summed E-state index contributed by atoms with van der Waals surface area (Å²) < 4.78 is 0. The van der Waals surface area contributed by atoms with Crippen molar-refractivity contribution in [2.75, 3.05) is 0 Å². The first kappa shape index (κ1) is 11.2. The first-order chi connectivity index (χ1) is 7.77. The molecule has 0 unspecified atom stereocenters. The molecule has 0 saturated heterocycles. The van der Waals surface area contributed by atoms with E-state index in [1.165, 1.54) is 10.4 Å². The lowest BCUT2D eigenvalue weighted by Crippen LogP contribution is -2.17. The molecule has 0 radical (unpaired) electrons. The molecule has 0 amide bonds. The van der Waals surface area contributed by atoms with E-state index in [2.05, 4.69) is 22.2 Å². The Kier molecular flexibility index (Phi) is 3.64. The molecule has 16 heavy (non-hydrogen) atoms. The van der Waals surface area contributed by atoms with Crippen LogP contribution in [0.15, 0.2) is 30.0 Å². The van der Waals surface area contributed by atoms with Crippen molar-refractivity contribution >= 4 is 11.3 Å². The number of rotatable bonds is 4. The number of hydrogen-bond donors (Lipinski definition) is 1. The summed E-state index contributed by atoms with van der Waals surface area (Å²) in [4.78, 5) is 9.56. The zero-order chi connectivity index (χ0) is 11.4. The average Bonchev–Trinajstić information content (AvgIpc) is 2.73. The van der Waals surface area contributed by atoms with Crippen molar-refractivity contribution in [2.45, 2.75) is 26.4 Å². The quantitative estimate of drug-likeness (QED) is 0.882. The molecular formula is C12H15N3S. The maximum absolute atomic E-state index is 4.24. The maximum Gasteiger partial charge on any atom is 0.0798 e. The van der Waals surface area contributed by atoms with Crippen LogP contribution in [-0.2, 0) is 6.54 Å². The molecule has 0 aliphatic carbocycles. The van der Waals surface area contributed by atoms with E-state index in [1.54, 1.807) is 11.3 Å². The minimum Gasteiger partial charge on any atom is -0.305 e. The molecule has 1 atom stereocenters. The van der Waals surface area contributed by atoms with Gasteiger partial charge in [-0.2, -0.15) is 0 Å². The minimum absolute atomic E-state index is 0.338. The number of aromatic nitrogens is 2. The Bertz CT molecular complexity index is 439. The third-order valence-electron chi connectivity index (χ3n) is 2.62. The maximum atomic E-state index is 4.24. The highest BCUT2D eigenvalue weighted by molar-refractivity contribution is 7.09. The number of thiazole rings is 1. The third-order valence-corrected chi connectivity index (χ3v) is 3.55. The Morgan fingerprint density at radius 1 is 1.38 bits per heavy atom. The topological polar surface area (TPSA) is 37.8 Å². The highest BCUT2D eigenvalue weighted by Crippen LogP contribution is 2.15. The van der Waals surface area contributed by atoms with Crippen molar-refractivity contribution in [3.05, 3.63) is 46.2 Å². The van der Waals surface area contributed by atoms with E-state index in [-0.39, 0.29) is 0 Å². The van der Waals surface area contributed by atoms with Gasteiger partial charge in [-0.1, -0.05) is 0 Å². The van der Waals surface area contributed by atoms with Gasteiger partial charge in [0.25, 0.3) is 0 Å². The van der Waals surface area contributed by atoms with Gasteiger partial charge in [0.1, 0.15) is 0 Å². The van der Waals surface area contributed by atoms with Crippen LogP contribution < -0.4 is 5.32 Å². The van der Waals surface area contributed by atoms with Crippen molar-refractivity contribution in [1.29, 1.82) is 0 Å². The monoisotopic (exact) mass is 233 g/mol. The van der Waals surface area contributed by atoms with Crippen molar-refractivity contribution < 1.29 is 0 Å². The standard InChI is InChI=1S/C12H15N3S/c1-9(11-3-5-13-6-4-11)14-7-12-10(2)15-8-16-12/h3-6,8-9,14H,7H2,1-2H3/t9-/m1/s1. The Balaban J connectivity index is 1.94. The summed E-state index contributed by atoms with van der Waals surface area (Å²) in [5, 5.41) is 3.48. The highest BCUT2D eigenvalue weighted by atomic mass is 32.1. The van der Waals surface area contributed by atoms with Crippen LogP contribution in [-0.4, -0.2) is 9.97 Å². The van der Waals surface area contributed by atoms with Gasteiger partial charge in [-0.3, -0.25) is 4.98 Å². The zero-order valence-corrected chi connectivity index (χ0v) is 10.3. The molecule has 84 valence electrons. The van der Waals surface area contributed by atoms with E-state index in [0.29, 0.717) is 6.04 Å². The minimum atomic E-state index is 0.338. The van der Waals surface area contributed by atoms with Gasteiger partial charge in [0.05, 0.1) is 11.2 Å². The molecule has 4 heteroatoms. The summed E-state index contributed by atoms with van der Waals surface area (Å²) in [6.45, 7) is 5.08. The highest BCUT2D eigenvalue weighted by Gasteiger charge is 2.06. The van der Waals surface area contributed by atoms with E-state index in [4.69, 9.17) is 0 Å². The molecular weight excluding hydrogens is 218 g/mol. The van der Waals surface area contributed by atoms with Crippen LogP contribution in [0.3, 0.4) is 0 Å². The van der Waals surface area contributed by atoms with Gasteiger partial charge in [-0.05, 0) is 31.5 Å². The number of aryl methyl sites for hydroxylation is 1. The molecule has 0 spiro atoms. The van der Waals surface area contributed by atoms with Gasteiger partial charge in [0.2, 0.25) is 0 Å². The molecule has 2 aromatic rings.